The van der Waals surface area contributed by atoms with Crippen LogP contribution >= 0.6 is 0 Å². The summed E-state index contributed by atoms with van der Waals surface area (Å²) in [6.45, 7) is 5.53. The molecule has 196 valence electrons. The zero-order valence-electron chi connectivity index (χ0n) is 21.3. The SMILES string of the molecule is C=Nc1c(C(N)=NC)c(-c2cc(O)cc(F)c2)nn1Cc1cc2cccc(C)c2c(=O)n1-c1ccccc1O. The molecule has 5 rings (SSSR count). The van der Waals surface area contributed by atoms with Crippen molar-refractivity contribution in [3.63, 3.8) is 0 Å². The van der Waals surface area contributed by atoms with Crippen molar-refractivity contribution in [3.8, 4) is 28.4 Å². The fraction of sp³-hybridized carbons (Fsp3) is 0.103. The van der Waals surface area contributed by atoms with Gasteiger partial charge in [-0.2, -0.15) is 5.10 Å². The molecule has 9 nitrogen and oxygen atoms in total. The van der Waals surface area contributed by atoms with Gasteiger partial charge in [-0.1, -0.05) is 30.3 Å². The van der Waals surface area contributed by atoms with E-state index < -0.39 is 5.82 Å². The maximum Gasteiger partial charge on any atom is 0.263 e. The Labute approximate surface area is 222 Å². The summed E-state index contributed by atoms with van der Waals surface area (Å²) < 4.78 is 17.1. The minimum Gasteiger partial charge on any atom is -0.508 e. The van der Waals surface area contributed by atoms with E-state index in [0.717, 1.165) is 11.6 Å². The van der Waals surface area contributed by atoms with E-state index >= 15 is 0 Å². The Morgan fingerprint density at radius 1 is 1.10 bits per heavy atom. The second-order valence-electron chi connectivity index (χ2n) is 8.97. The number of phenolic OH excluding ortho intramolecular Hbond substituents is 2. The fourth-order valence-corrected chi connectivity index (χ4v) is 4.76. The van der Waals surface area contributed by atoms with Crippen LogP contribution in [-0.2, 0) is 6.54 Å². The molecule has 39 heavy (non-hydrogen) atoms. The number of hydrogen-bond acceptors (Lipinski definition) is 6. The standard InChI is InChI=1S/C29H25FN6O3/c1-16-7-6-8-17-12-20(36(29(39)24(16)17)22-9-4-5-10-23(22)38)15-35-28(33-3)25(27(31)32-2)26(34-35)18-11-19(30)14-21(37)13-18/h4-14,37-38H,3,15H2,1-2H3,(H2,31,32). The number of benzene rings is 3. The third-order valence-electron chi connectivity index (χ3n) is 6.49. The minimum atomic E-state index is -0.663. The molecule has 0 unspecified atom stereocenters. The van der Waals surface area contributed by atoms with E-state index in [-0.39, 0.29) is 46.5 Å². The normalized spacial score (nSPS) is 11.7. The largest absolute Gasteiger partial charge is 0.508 e. The summed E-state index contributed by atoms with van der Waals surface area (Å²) in [5.74, 6) is -0.713. The zero-order valence-corrected chi connectivity index (χ0v) is 21.3. The highest BCUT2D eigenvalue weighted by atomic mass is 19.1. The average Bonchev–Trinajstić information content (AvgIpc) is 3.26. The highest BCUT2D eigenvalue weighted by molar-refractivity contribution is 6.06. The lowest BCUT2D eigenvalue weighted by molar-refractivity contribution is 0.469. The second-order valence-corrected chi connectivity index (χ2v) is 8.97. The quantitative estimate of drug-likeness (QED) is 0.223. The highest BCUT2D eigenvalue weighted by Crippen LogP contribution is 2.34. The van der Waals surface area contributed by atoms with E-state index in [4.69, 9.17) is 5.73 Å². The molecule has 4 N–H and O–H groups in total. The molecule has 0 radical (unpaired) electrons. The number of amidine groups is 1. The Balaban J connectivity index is 1.80. The molecule has 2 aromatic heterocycles. The molecule has 0 bridgehead atoms. The molecular formula is C29H25FN6O3. The Bertz CT molecular complexity index is 1830. The molecule has 0 aliphatic rings. The number of para-hydroxylation sites is 2. The molecule has 0 spiro atoms. The summed E-state index contributed by atoms with van der Waals surface area (Å²) in [7, 11) is 1.49. The lowest BCUT2D eigenvalue weighted by Crippen LogP contribution is -2.24. The summed E-state index contributed by atoms with van der Waals surface area (Å²) >= 11 is 0. The van der Waals surface area contributed by atoms with E-state index in [9.17, 15) is 19.4 Å². The van der Waals surface area contributed by atoms with Crippen molar-refractivity contribution in [1.82, 2.24) is 14.3 Å². The fourth-order valence-electron chi connectivity index (χ4n) is 4.76. The van der Waals surface area contributed by atoms with Crippen molar-refractivity contribution in [2.75, 3.05) is 7.05 Å². The van der Waals surface area contributed by atoms with E-state index in [1.807, 2.05) is 31.2 Å². The van der Waals surface area contributed by atoms with Crippen molar-refractivity contribution >= 4 is 29.1 Å². The summed E-state index contributed by atoms with van der Waals surface area (Å²) in [6.07, 6.45) is 0. The molecule has 5 aromatic rings. The van der Waals surface area contributed by atoms with E-state index in [2.05, 4.69) is 21.8 Å². The summed E-state index contributed by atoms with van der Waals surface area (Å²) in [6, 6.07) is 17.5. The van der Waals surface area contributed by atoms with Crippen LogP contribution in [0.15, 0.2) is 81.5 Å². The van der Waals surface area contributed by atoms with Crippen LogP contribution in [0.2, 0.25) is 0 Å². The number of rotatable bonds is 6. The summed E-state index contributed by atoms with van der Waals surface area (Å²) in [4.78, 5) is 22.1. The van der Waals surface area contributed by atoms with Gasteiger partial charge in [-0.25, -0.2) is 14.1 Å². The molecule has 0 amide bonds. The first kappa shape index (κ1) is 25.4. The predicted octanol–water partition coefficient (Wildman–Crippen LogP) is 4.43. The van der Waals surface area contributed by atoms with Crippen molar-refractivity contribution in [2.24, 2.45) is 15.7 Å². The molecular weight excluding hydrogens is 499 g/mol. The first-order valence-corrected chi connectivity index (χ1v) is 12.0. The number of aryl methyl sites for hydroxylation is 1. The number of hydrogen-bond donors (Lipinski definition) is 3. The lowest BCUT2D eigenvalue weighted by atomic mass is 10.1. The van der Waals surface area contributed by atoms with Crippen molar-refractivity contribution in [1.29, 1.82) is 0 Å². The van der Waals surface area contributed by atoms with Gasteiger partial charge in [-0.05, 0) is 54.9 Å². The van der Waals surface area contributed by atoms with Crippen LogP contribution in [0.3, 0.4) is 0 Å². The molecule has 0 fully saturated rings. The van der Waals surface area contributed by atoms with Gasteiger partial charge in [0.15, 0.2) is 5.82 Å². The number of aromatic nitrogens is 3. The third kappa shape index (κ3) is 4.42. The molecule has 3 aromatic carbocycles. The van der Waals surface area contributed by atoms with Gasteiger partial charge in [0.25, 0.3) is 5.56 Å². The number of halogens is 1. The summed E-state index contributed by atoms with van der Waals surface area (Å²) in [5, 5.41) is 26.6. The molecule has 0 saturated carbocycles. The second kappa shape index (κ2) is 9.90. The highest BCUT2D eigenvalue weighted by Gasteiger charge is 2.24. The van der Waals surface area contributed by atoms with Gasteiger partial charge in [0.1, 0.15) is 28.8 Å². The maximum absolute atomic E-state index is 14.2. The van der Waals surface area contributed by atoms with Crippen molar-refractivity contribution < 1.29 is 14.6 Å². The first-order valence-electron chi connectivity index (χ1n) is 12.0. The van der Waals surface area contributed by atoms with E-state index in [0.29, 0.717) is 27.7 Å². The predicted molar refractivity (Wildman–Crippen MR) is 150 cm³/mol. The zero-order chi connectivity index (χ0) is 27.8. The van der Waals surface area contributed by atoms with Gasteiger partial charge in [-0.15, -0.1) is 0 Å². The van der Waals surface area contributed by atoms with Gasteiger partial charge >= 0.3 is 0 Å². The van der Waals surface area contributed by atoms with Crippen LogP contribution in [0.25, 0.3) is 27.7 Å². The molecule has 0 atom stereocenters. The van der Waals surface area contributed by atoms with Crippen molar-refractivity contribution in [2.45, 2.75) is 13.5 Å². The van der Waals surface area contributed by atoms with Gasteiger partial charge in [0.05, 0.1) is 23.2 Å². The topological polar surface area (TPSA) is 131 Å². The Morgan fingerprint density at radius 2 is 1.87 bits per heavy atom. The van der Waals surface area contributed by atoms with Crippen LogP contribution in [0.4, 0.5) is 10.2 Å². The molecule has 10 heteroatoms. The van der Waals surface area contributed by atoms with Gasteiger partial charge < -0.3 is 15.9 Å². The van der Waals surface area contributed by atoms with E-state index in [1.165, 1.54) is 34.5 Å². The van der Waals surface area contributed by atoms with Gasteiger partial charge in [-0.3, -0.25) is 14.4 Å². The Hall–Kier alpha value is -5.25. The van der Waals surface area contributed by atoms with Gasteiger partial charge in [0, 0.05) is 24.4 Å². The smallest absolute Gasteiger partial charge is 0.263 e. The van der Waals surface area contributed by atoms with Crippen LogP contribution in [-0.4, -0.2) is 44.2 Å². The number of nitrogens with two attached hydrogens (primary N) is 1. The Kier molecular flexibility index (Phi) is 6.45. The number of phenols is 2. The third-order valence-corrected chi connectivity index (χ3v) is 6.49. The molecule has 0 aliphatic carbocycles. The van der Waals surface area contributed by atoms with Gasteiger partial charge in [0.2, 0.25) is 0 Å². The number of pyridine rings is 1. The van der Waals surface area contributed by atoms with E-state index in [1.54, 1.807) is 18.2 Å². The minimum absolute atomic E-state index is 0.00705. The Morgan fingerprint density at radius 3 is 2.56 bits per heavy atom. The first-order chi connectivity index (χ1) is 18.7. The van der Waals surface area contributed by atoms with Crippen LogP contribution in [0.5, 0.6) is 11.5 Å². The summed E-state index contributed by atoms with van der Waals surface area (Å²) in [5.41, 5.74) is 8.26. The number of nitrogens with zero attached hydrogens (tertiary/aromatic N) is 5. The van der Waals surface area contributed by atoms with Crippen LogP contribution in [0.1, 0.15) is 16.8 Å². The number of aliphatic imine (C=N–C) groups is 2. The average molecular weight is 525 g/mol. The molecule has 0 aliphatic heterocycles. The number of aromatic hydroxyl groups is 2. The van der Waals surface area contributed by atoms with Crippen molar-refractivity contribution in [3.05, 3.63) is 99.7 Å². The molecule has 0 saturated heterocycles. The number of fused-ring (bicyclic) bond motifs is 1. The lowest BCUT2D eigenvalue weighted by Gasteiger charge is -2.17. The van der Waals surface area contributed by atoms with Crippen LogP contribution in [0, 0.1) is 12.7 Å². The molecule has 2 heterocycles. The monoisotopic (exact) mass is 524 g/mol. The maximum atomic E-state index is 14.2. The van der Waals surface area contributed by atoms with Crippen LogP contribution < -0.4 is 11.3 Å².